The van der Waals surface area contributed by atoms with Crippen molar-refractivity contribution in [2.24, 2.45) is 0 Å². The third kappa shape index (κ3) is 2.24. The summed E-state index contributed by atoms with van der Waals surface area (Å²) in [6, 6.07) is 0. The highest BCUT2D eigenvalue weighted by molar-refractivity contribution is 6.53. The van der Waals surface area contributed by atoms with E-state index in [2.05, 4.69) is 0 Å². The summed E-state index contributed by atoms with van der Waals surface area (Å²) in [6.07, 6.45) is -1.12. The van der Waals surface area contributed by atoms with E-state index in [9.17, 15) is 9.90 Å². The van der Waals surface area contributed by atoms with Crippen LogP contribution in [0.1, 0.15) is 28.9 Å². The van der Waals surface area contributed by atoms with E-state index in [1.807, 2.05) is 0 Å². The zero-order valence-corrected chi connectivity index (χ0v) is 10.9. The molecule has 0 fully saturated rings. The molecule has 1 unspecified atom stereocenters. The van der Waals surface area contributed by atoms with Gasteiger partial charge in [0, 0.05) is 5.56 Å². The lowest BCUT2D eigenvalue weighted by molar-refractivity contribution is 0.0690. The van der Waals surface area contributed by atoms with Crippen LogP contribution in [0, 0.1) is 0 Å². The van der Waals surface area contributed by atoms with Crippen molar-refractivity contribution in [1.82, 2.24) is 0 Å². The highest BCUT2D eigenvalue weighted by Crippen LogP contribution is 2.43. The molecular formula is C9H6Cl4O3. The molecule has 0 aromatic heterocycles. The monoisotopic (exact) mass is 302 g/mol. The lowest BCUT2D eigenvalue weighted by atomic mass is 10.0. The Labute approximate surface area is 111 Å². The summed E-state index contributed by atoms with van der Waals surface area (Å²) < 4.78 is 0. The molecular weight excluding hydrogens is 298 g/mol. The van der Waals surface area contributed by atoms with Gasteiger partial charge in [0.25, 0.3) is 0 Å². The fourth-order valence-electron chi connectivity index (χ4n) is 1.25. The summed E-state index contributed by atoms with van der Waals surface area (Å²) in [5.41, 5.74) is -0.385. The molecule has 88 valence electrons. The largest absolute Gasteiger partial charge is 0.478 e. The van der Waals surface area contributed by atoms with Crippen molar-refractivity contribution >= 4 is 52.4 Å². The van der Waals surface area contributed by atoms with Crippen molar-refractivity contribution in [2.45, 2.75) is 13.0 Å². The Morgan fingerprint density at radius 1 is 1.06 bits per heavy atom. The van der Waals surface area contributed by atoms with Crippen LogP contribution in [0.5, 0.6) is 0 Å². The van der Waals surface area contributed by atoms with Crippen LogP contribution >= 0.6 is 46.4 Å². The van der Waals surface area contributed by atoms with Crippen molar-refractivity contribution in [1.29, 1.82) is 0 Å². The Balaban J connectivity index is 3.76. The smallest absolute Gasteiger partial charge is 0.337 e. The SMILES string of the molecule is CC(O)c1c(Cl)c(Cl)c(Cl)c(Cl)c1C(=O)O. The summed E-state index contributed by atoms with van der Waals surface area (Å²) in [7, 11) is 0. The minimum Gasteiger partial charge on any atom is -0.478 e. The fraction of sp³-hybridized carbons (Fsp3) is 0.222. The van der Waals surface area contributed by atoms with E-state index in [4.69, 9.17) is 51.5 Å². The van der Waals surface area contributed by atoms with E-state index in [1.165, 1.54) is 6.92 Å². The van der Waals surface area contributed by atoms with Gasteiger partial charge in [-0.05, 0) is 6.92 Å². The van der Waals surface area contributed by atoms with Crippen LogP contribution in [0.25, 0.3) is 0 Å². The normalized spacial score (nSPS) is 12.6. The van der Waals surface area contributed by atoms with Crippen LogP contribution in [0.4, 0.5) is 0 Å². The number of aromatic carboxylic acids is 1. The quantitative estimate of drug-likeness (QED) is 0.640. The summed E-state index contributed by atoms with van der Waals surface area (Å²) >= 11 is 23.0. The maximum absolute atomic E-state index is 11.0. The summed E-state index contributed by atoms with van der Waals surface area (Å²) in [5, 5.41) is 17.9. The zero-order chi connectivity index (χ0) is 12.6. The summed E-state index contributed by atoms with van der Waals surface area (Å²) in [6.45, 7) is 1.36. The number of aliphatic hydroxyl groups excluding tert-OH is 1. The van der Waals surface area contributed by atoms with Crippen molar-refractivity contribution < 1.29 is 15.0 Å². The number of carboxylic acid groups (broad SMARTS) is 1. The van der Waals surface area contributed by atoms with E-state index in [0.717, 1.165) is 0 Å². The maximum Gasteiger partial charge on any atom is 0.337 e. The molecule has 0 aliphatic carbocycles. The van der Waals surface area contributed by atoms with Crippen molar-refractivity contribution in [3.05, 3.63) is 31.2 Å². The molecule has 1 rings (SSSR count). The molecule has 0 bridgehead atoms. The Hall–Kier alpha value is -0.190. The number of halogens is 4. The number of rotatable bonds is 2. The Kier molecular flexibility index (Phi) is 4.32. The third-order valence-corrected chi connectivity index (χ3v) is 3.75. The minimum absolute atomic E-state index is 0.0476. The van der Waals surface area contributed by atoms with Crippen LogP contribution in [-0.2, 0) is 0 Å². The molecule has 1 atom stereocenters. The van der Waals surface area contributed by atoms with Gasteiger partial charge in [-0.1, -0.05) is 46.4 Å². The average Bonchev–Trinajstić information content (AvgIpc) is 2.18. The standard InChI is InChI=1S/C9H6Cl4O3/c1-2(14)3-4(9(15)16)6(11)8(13)7(12)5(3)10/h2,14H,1H3,(H,15,16). The van der Waals surface area contributed by atoms with E-state index >= 15 is 0 Å². The molecule has 16 heavy (non-hydrogen) atoms. The third-order valence-electron chi connectivity index (χ3n) is 1.94. The minimum atomic E-state index is -1.33. The molecule has 0 aliphatic rings. The second-order valence-corrected chi connectivity index (χ2v) is 4.54. The Morgan fingerprint density at radius 3 is 1.88 bits per heavy atom. The lowest BCUT2D eigenvalue weighted by Gasteiger charge is -2.15. The molecule has 0 aliphatic heterocycles. The number of hydrogen-bond donors (Lipinski definition) is 2. The van der Waals surface area contributed by atoms with Gasteiger partial charge in [0.05, 0.1) is 31.8 Å². The number of hydrogen-bond acceptors (Lipinski definition) is 2. The molecule has 3 nitrogen and oxygen atoms in total. The van der Waals surface area contributed by atoms with Crippen LogP contribution in [-0.4, -0.2) is 16.2 Å². The second-order valence-electron chi connectivity index (χ2n) is 3.03. The fourth-order valence-corrected chi connectivity index (χ4v) is 2.36. The molecule has 0 spiro atoms. The van der Waals surface area contributed by atoms with Gasteiger partial charge in [0.2, 0.25) is 0 Å². The van der Waals surface area contributed by atoms with E-state index < -0.39 is 12.1 Å². The van der Waals surface area contributed by atoms with Gasteiger partial charge in [-0.15, -0.1) is 0 Å². The predicted octanol–water partition coefficient (Wildman–Crippen LogP) is 4.05. The first-order chi connectivity index (χ1) is 7.29. The number of aliphatic hydroxyl groups is 1. The van der Waals surface area contributed by atoms with E-state index in [1.54, 1.807) is 0 Å². The van der Waals surface area contributed by atoms with E-state index in [-0.39, 0.29) is 31.2 Å². The van der Waals surface area contributed by atoms with Crippen molar-refractivity contribution in [3.63, 3.8) is 0 Å². The van der Waals surface area contributed by atoms with Gasteiger partial charge >= 0.3 is 5.97 Å². The van der Waals surface area contributed by atoms with Crippen molar-refractivity contribution in [2.75, 3.05) is 0 Å². The molecule has 1 aromatic carbocycles. The first-order valence-corrected chi connectivity index (χ1v) is 5.57. The van der Waals surface area contributed by atoms with Gasteiger partial charge < -0.3 is 10.2 Å². The average molecular weight is 304 g/mol. The molecule has 0 saturated heterocycles. The summed E-state index contributed by atoms with van der Waals surface area (Å²) in [4.78, 5) is 11.0. The van der Waals surface area contributed by atoms with Crippen LogP contribution in [0.15, 0.2) is 0 Å². The highest BCUT2D eigenvalue weighted by Gasteiger charge is 2.26. The first kappa shape index (κ1) is 13.9. The van der Waals surface area contributed by atoms with E-state index in [0.29, 0.717) is 0 Å². The molecule has 0 amide bonds. The van der Waals surface area contributed by atoms with Gasteiger partial charge in [-0.3, -0.25) is 0 Å². The first-order valence-electron chi connectivity index (χ1n) is 4.06. The lowest BCUT2D eigenvalue weighted by Crippen LogP contribution is -2.08. The van der Waals surface area contributed by atoms with Gasteiger partial charge in [0.1, 0.15) is 0 Å². The molecule has 7 heteroatoms. The van der Waals surface area contributed by atoms with Gasteiger partial charge in [0.15, 0.2) is 0 Å². The Morgan fingerprint density at radius 2 is 1.50 bits per heavy atom. The number of carbonyl (C=O) groups is 1. The second kappa shape index (κ2) is 4.98. The molecule has 0 saturated carbocycles. The van der Waals surface area contributed by atoms with Crippen molar-refractivity contribution in [3.8, 4) is 0 Å². The molecule has 0 radical (unpaired) electrons. The van der Waals surface area contributed by atoms with Crippen LogP contribution in [0.3, 0.4) is 0 Å². The summed E-state index contributed by atoms with van der Waals surface area (Å²) in [5.74, 6) is -1.33. The molecule has 1 aromatic rings. The number of carboxylic acids is 1. The van der Waals surface area contributed by atoms with Crippen LogP contribution < -0.4 is 0 Å². The highest BCUT2D eigenvalue weighted by atomic mass is 35.5. The number of benzene rings is 1. The van der Waals surface area contributed by atoms with Crippen LogP contribution in [0.2, 0.25) is 20.1 Å². The molecule has 0 heterocycles. The Bertz CT molecular complexity index is 457. The topological polar surface area (TPSA) is 57.5 Å². The molecule has 2 N–H and O–H groups in total. The predicted molar refractivity (Wildman–Crippen MR) is 64.1 cm³/mol. The maximum atomic E-state index is 11.0. The zero-order valence-electron chi connectivity index (χ0n) is 7.89. The van der Waals surface area contributed by atoms with Gasteiger partial charge in [-0.25, -0.2) is 4.79 Å². The van der Waals surface area contributed by atoms with Gasteiger partial charge in [-0.2, -0.15) is 0 Å².